The van der Waals surface area contributed by atoms with Gasteiger partial charge < -0.3 is 0 Å². The van der Waals surface area contributed by atoms with Crippen LogP contribution in [0.4, 0.5) is 0 Å². The predicted molar refractivity (Wildman–Crippen MR) is 69.0 cm³/mol. The molecule has 0 N–H and O–H groups in total. The Morgan fingerprint density at radius 1 is 1.59 bits per heavy atom. The molecule has 1 aliphatic heterocycles. The van der Waals surface area contributed by atoms with Crippen LogP contribution in [0.3, 0.4) is 0 Å². The van der Waals surface area contributed by atoms with Crippen LogP contribution < -0.4 is 0 Å². The molecule has 17 heavy (non-hydrogen) atoms. The van der Waals surface area contributed by atoms with Gasteiger partial charge in [-0.05, 0) is 19.3 Å². The second-order valence-electron chi connectivity index (χ2n) is 4.34. The fourth-order valence-electron chi connectivity index (χ4n) is 1.89. The number of hydrogen-bond acceptors (Lipinski definition) is 4. The minimum Gasteiger partial charge on any atom is -0.249 e. The molecule has 1 fully saturated rings. The van der Waals surface area contributed by atoms with E-state index in [0.29, 0.717) is 23.7 Å². The molecule has 7 heteroatoms. The van der Waals surface area contributed by atoms with Crippen molar-refractivity contribution in [1.82, 2.24) is 9.29 Å². The van der Waals surface area contributed by atoms with Crippen LogP contribution in [-0.2, 0) is 10.0 Å². The van der Waals surface area contributed by atoms with Crippen LogP contribution in [0.1, 0.15) is 18.4 Å². The molecule has 0 saturated carbocycles. The Bertz CT molecular complexity index is 500. The summed E-state index contributed by atoms with van der Waals surface area (Å²) in [4.78, 5) is 4.00. The molecule has 0 aromatic carbocycles. The van der Waals surface area contributed by atoms with E-state index in [1.54, 1.807) is 6.92 Å². The summed E-state index contributed by atoms with van der Waals surface area (Å²) in [6.07, 6.45) is 2.15. The number of alkyl halides is 1. The van der Waals surface area contributed by atoms with Gasteiger partial charge in [0.1, 0.15) is 0 Å². The summed E-state index contributed by atoms with van der Waals surface area (Å²) in [7, 11) is -3.37. The highest BCUT2D eigenvalue weighted by atomic mass is 35.5. The highest BCUT2D eigenvalue weighted by Crippen LogP contribution is 2.28. The summed E-state index contributed by atoms with van der Waals surface area (Å²) in [5.41, 5.74) is 0. The van der Waals surface area contributed by atoms with Gasteiger partial charge in [0, 0.05) is 18.5 Å². The predicted octanol–water partition coefficient (Wildman–Crippen LogP) is 2.09. The third-order valence-corrected chi connectivity index (χ3v) is 6.82. The van der Waals surface area contributed by atoms with E-state index in [9.17, 15) is 8.42 Å². The molecular weight excluding hydrogens is 280 g/mol. The lowest BCUT2D eigenvalue weighted by molar-refractivity contribution is 0.286. The van der Waals surface area contributed by atoms with Crippen molar-refractivity contribution in [1.29, 1.82) is 0 Å². The summed E-state index contributed by atoms with van der Waals surface area (Å²) in [5.74, 6) is 0.189. The van der Waals surface area contributed by atoms with Crippen molar-refractivity contribution in [2.24, 2.45) is 5.92 Å². The highest BCUT2D eigenvalue weighted by molar-refractivity contribution is 7.91. The molecule has 1 saturated heterocycles. The van der Waals surface area contributed by atoms with Crippen molar-refractivity contribution in [3.8, 4) is 0 Å². The average molecular weight is 295 g/mol. The first-order chi connectivity index (χ1) is 7.91. The maximum Gasteiger partial charge on any atom is 0.254 e. The van der Waals surface area contributed by atoms with Crippen LogP contribution in [0.25, 0.3) is 0 Å². The minimum atomic E-state index is -3.37. The Balaban J connectivity index is 2.22. The number of rotatable bonds is 2. The molecule has 0 aliphatic carbocycles. The number of sulfonamides is 1. The first-order valence-electron chi connectivity index (χ1n) is 5.48. The maximum atomic E-state index is 12.3. The van der Waals surface area contributed by atoms with Gasteiger partial charge in [-0.2, -0.15) is 4.31 Å². The molecule has 2 rings (SSSR count). The molecule has 1 aromatic heterocycles. The second-order valence-corrected chi connectivity index (χ2v) is 8.30. The zero-order valence-electron chi connectivity index (χ0n) is 9.76. The van der Waals surface area contributed by atoms with Gasteiger partial charge in [0.25, 0.3) is 10.0 Å². The Morgan fingerprint density at radius 2 is 2.29 bits per heavy atom. The number of hydrogen-bond donors (Lipinski definition) is 0. The van der Waals surface area contributed by atoms with Crippen molar-refractivity contribution >= 4 is 33.0 Å². The van der Waals surface area contributed by atoms with E-state index in [0.717, 1.165) is 5.01 Å². The topological polar surface area (TPSA) is 50.3 Å². The first-order valence-corrected chi connectivity index (χ1v) is 8.17. The van der Waals surface area contributed by atoms with Crippen LogP contribution in [0.2, 0.25) is 0 Å². The number of halogens is 1. The maximum absolute atomic E-state index is 12.3. The van der Waals surface area contributed by atoms with Crippen molar-refractivity contribution < 1.29 is 8.42 Å². The number of aryl methyl sites for hydroxylation is 1. The van der Waals surface area contributed by atoms with Crippen molar-refractivity contribution in [2.45, 2.75) is 29.9 Å². The molecule has 2 heterocycles. The fourth-order valence-corrected chi connectivity index (χ4v) is 4.88. The summed E-state index contributed by atoms with van der Waals surface area (Å²) < 4.78 is 26.5. The molecule has 0 bridgehead atoms. The van der Waals surface area contributed by atoms with Crippen LogP contribution in [0.15, 0.2) is 10.4 Å². The number of nitrogens with zero attached hydrogens (tertiary/aromatic N) is 2. The monoisotopic (exact) mass is 294 g/mol. The van der Waals surface area contributed by atoms with Gasteiger partial charge in [-0.25, -0.2) is 13.4 Å². The smallest absolute Gasteiger partial charge is 0.249 e. The van der Waals surface area contributed by atoms with Crippen LogP contribution in [0.5, 0.6) is 0 Å². The summed E-state index contributed by atoms with van der Waals surface area (Å²) in [6.45, 7) is 4.78. The van der Waals surface area contributed by atoms with Crippen molar-refractivity contribution in [2.75, 3.05) is 13.1 Å². The standard InChI is InChI=1S/C10H15ClN2O2S2/c1-7-6-13(4-3-9(7)11)17(14,15)10-5-12-8(2)16-10/h5,7,9H,3-4,6H2,1-2H3. The normalized spacial score (nSPS) is 27.2. The van der Waals surface area contributed by atoms with Crippen LogP contribution in [0, 0.1) is 12.8 Å². The highest BCUT2D eigenvalue weighted by Gasteiger charge is 2.33. The van der Waals surface area contributed by atoms with Gasteiger partial charge in [-0.15, -0.1) is 22.9 Å². The van der Waals surface area contributed by atoms with Gasteiger partial charge in [0.15, 0.2) is 4.21 Å². The molecule has 0 radical (unpaired) electrons. The van der Waals surface area contributed by atoms with Crippen molar-refractivity contribution in [3.05, 3.63) is 11.2 Å². The molecule has 1 aromatic rings. The van der Waals surface area contributed by atoms with Crippen LogP contribution >= 0.6 is 22.9 Å². The molecule has 1 aliphatic rings. The molecular formula is C10H15ClN2O2S2. The molecule has 2 atom stereocenters. The first kappa shape index (κ1) is 13.3. The van der Waals surface area contributed by atoms with Gasteiger partial charge in [-0.1, -0.05) is 6.92 Å². The van der Waals surface area contributed by atoms with Crippen molar-refractivity contribution in [3.63, 3.8) is 0 Å². The largest absolute Gasteiger partial charge is 0.254 e. The Hall–Kier alpha value is -0.170. The van der Waals surface area contributed by atoms with E-state index in [4.69, 9.17) is 11.6 Å². The third kappa shape index (κ3) is 2.65. The van der Waals surface area contributed by atoms with E-state index in [2.05, 4.69) is 4.98 Å². The molecule has 4 nitrogen and oxygen atoms in total. The minimum absolute atomic E-state index is 0.0737. The lowest BCUT2D eigenvalue weighted by Crippen LogP contribution is -2.43. The molecule has 2 unspecified atom stereocenters. The molecule has 96 valence electrons. The second kappa shape index (κ2) is 4.84. The number of thiazole rings is 1. The summed E-state index contributed by atoms with van der Waals surface area (Å²) >= 11 is 7.32. The Labute approximate surface area is 111 Å². The average Bonchev–Trinajstić information content (AvgIpc) is 2.69. The number of aromatic nitrogens is 1. The van der Waals surface area contributed by atoms with E-state index < -0.39 is 10.0 Å². The van der Waals surface area contributed by atoms with E-state index in [1.165, 1.54) is 21.8 Å². The van der Waals surface area contributed by atoms with Gasteiger partial charge in [-0.3, -0.25) is 0 Å². The van der Waals surface area contributed by atoms with Gasteiger partial charge in [0.2, 0.25) is 0 Å². The lowest BCUT2D eigenvalue weighted by atomic mass is 10.0. The van der Waals surface area contributed by atoms with E-state index in [1.807, 2.05) is 6.92 Å². The van der Waals surface area contributed by atoms with E-state index >= 15 is 0 Å². The Morgan fingerprint density at radius 3 is 2.82 bits per heavy atom. The zero-order valence-corrected chi connectivity index (χ0v) is 12.1. The van der Waals surface area contributed by atoms with E-state index in [-0.39, 0.29) is 11.3 Å². The summed E-state index contributed by atoms with van der Waals surface area (Å²) in [5, 5.41) is 0.841. The zero-order chi connectivity index (χ0) is 12.6. The SMILES string of the molecule is Cc1ncc(S(=O)(=O)N2CCC(Cl)C(C)C2)s1. The lowest BCUT2D eigenvalue weighted by Gasteiger charge is -2.32. The quantitative estimate of drug-likeness (QED) is 0.785. The Kier molecular flexibility index (Phi) is 3.77. The van der Waals surface area contributed by atoms with Crippen LogP contribution in [-0.4, -0.2) is 36.2 Å². The fraction of sp³-hybridized carbons (Fsp3) is 0.700. The van der Waals surface area contributed by atoms with Gasteiger partial charge in [0.05, 0.1) is 11.2 Å². The third-order valence-electron chi connectivity index (χ3n) is 2.96. The molecule has 0 amide bonds. The van der Waals surface area contributed by atoms with Gasteiger partial charge >= 0.3 is 0 Å². The number of piperidine rings is 1. The summed E-state index contributed by atoms with van der Waals surface area (Å²) in [6, 6.07) is 0. The molecule has 0 spiro atoms.